The zero-order chi connectivity index (χ0) is 18.4. The van der Waals surface area contributed by atoms with Gasteiger partial charge in [-0.25, -0.2) is 9.97 Å². The number of fused-ring (bicyclic) bond motifs is 1. The molecular formula is C19H19ClN6O. The third-order valence-corrected chi connectivity index (χ3v) is 6.00. The summed E-state index contributed by atoms with van der Waals surface area (Å²) < 4.78 is 0. The van der Waals surface area contributed by atoms with Crippen LogP contribution in [0.3, 0.4) is 0 Å². The van der Waals surface area contributed by atoms with Gasteiger partial charge >= 0.3 is 0 Å². The fourth-order valence-corrected chi connectivity index (χ4v) is 4.33. The molecule has 0 aliphatic carbocycles. The monoisotopic (exact) mass is 382 g/mol. The molecule has 2 aliphatic rings. The quantitative estimate of drug-likeness (QED) is 0.711. The Bertz CT molecular complexity index is 1020. The van der Waals surface area contributed by atoms with Crippen LogP contribution in [0.4, 0.5) is 5.82 Å². The van der Waals surface area contributed by atoms with E-state index in [1.54, 1.807) is 6.20 Å². The molecule has 0 saturated carbocycles. The number of carbonyl (C=O) groups is 1. The average Bonchev–Trinajstić information content (AvgIpc) is 3.26. The highest BCUT2D eigenvalue weighted by Gasteiger charge is 2.40. The molecule has 2 N–H and O–H groups in total. The van der Waals surface area contributed by atoms with Gasteiger partial charge in [0.1, 0.15) is 11.3 Å². The molecule has 3 aromatic rings. The number of aromatic amines is 1. The summed E-state index contributed by atoms with van der Waals surface area (Å²) in [5.74, 6) is 0.993. The van der Waals surface area contributed by atoms with Gasteiger partial charge in [-0.2, -0.15) is 5.10 Å². The highest BCUT2D eigenvalue weighted by molar-refractivity contribution is 6.33. The van der Waals surface area contributed by atoms with Gasteiger partial charge in [0.2, 0.25) is 11.6 Å². The van der Waals surface area contributed by atoms with Crippen LogP contribution in [0.5, 0.6) is 0 Å². The van der Waals surface area contributed by atoms with E-state index in [9.17, 15) is 4.79 Å². The van der Waals surface area contributed by atoms with Crippen molar-refractivity contribution >= 4 is 34.5 Å². The summed E-state index contributed by atoms with van der Waals surface area (Å²) in [4.78, 5) is 23.1. The molecule has 2 fully saturated rings. The first-order valence-electron chi connectivity index (χ1n) is 9.16. The molecule has 4 heterocycles. The second-order valence-electron chi connectivity index (χ2n) is 7.29. The third-order valence-electron chi connectivity index (χ3n) is 5.67. The fourth-order valence-electron chi connectivity index (χ4n) is 4.10. The molecule has 2 saturated heterocycles. The number of carbonyl (C=O) groups excluding carboxylic acids is 1. The molecule has 1 amide bonds. The van der Waals surface area contributed by atoms with E-state index in [2.05, 4.69) is 25.4 Å². The van der Waals surface area contributed by atoms with E-state index in [0.29, 0.717) is 22.6 Å². The maximum atomic E-state index is 11.6. The Balaban J connectivity index is 1.40. The van der Waals surface area contributed by atoms with Crippen molar-refractivity contribution in [2.24, 2.45) is 0 Å². The van der Waals surface area contributed by atoms with E-state index in [1.165, 1.54) is 0 Å². The van der Waals surface area contributed by atoms with Gasteiger partial charge in [-0.05, 0) is 25.3 Å². The van der Waals surface area contributed by atoms with Crippen molar-refractivity contribution < 1.29 is 4.79 Å². The van der Waals surface area contributed by atoms with Crippen LogP contribution in [-0.4, -0.2) is 44.7 Å². The van der Waals surface area contributed by atoms with Gasteiger partial charge in [0.15, 0.2) is 0 Å². The number of amides is 1. The number of hydrogen-bond acceptors (Lipinski definition) is 5. The Morgan fingerprint density at radius 3 is 2.70 bits per heavy atom. The predicted octanol–water partition coefficient (Wildman–Crippen LogP) is 2.92. The number of aromatic nitrogens is 4. The van der Waals surface area contributed by atoms with Crippen molar-refractivity contribution in [1.29, 1.82) is 0 Å². The minimum atomic E-state index is -0.0192. The summed E-state index contributed by atoms with van der Waals surface area (Å²) in [6, 6.07) is 7.60. The van der Waals surface area contributed by atoms with Crippen molar-refractivity contribution in [1.82, 2.24) is 25.5 Å². The Hall–Kier alpha value is -2.67. The standard InChI is InChI=1S/C19H19ClN6O/c20-13-4-2-1-3-12(13)16-17-18(25-24-16)22-14(11-21-17)26-9-7-19(8-10-26)6-5-15(27)23-19/h1-4,11H,5-10H2,(H,23,27)(H,22,24,25). The van der Waals surface area contributed by atoms with Gasteiger partial charge in [0.25, 0.3) is 0 Å². The van der Waals surface area contributed by atoms with Crippen LogP contribution in [0.15, 0.2) is 30.5 Å². The predicted molar refractivity (Wildman–Crippen MR) is 104 cm³/mol. The van der Waals surface area contributed by atoms with Gasteiger partial charge in [0, 0.05) is 30.6 Å². The highest BCUT2D eigenvalue weighted by atomic mass is 35.5. The van der Waals surface area contributed by atoms with Crippen LogP contribution >= 0.6 is 11.6 Å². The first-order chi connectivity index (χ1) is 13.1. The lowest BCUT2D eigenvalue weighted by atomic mass is 9.86. The van der Waals surface area contributed by atoms with Crippen molar-refractivity contribution in [3.05, 3.63) is 35.5 Å². The topological polar surface area (TPSA) is 86.8 Å². The maximum absolute atomic E-state index is 11.6. The molecule has 0 unspecified atom stereocenters. The second kappa shape index (κ2) is 6.20. The normalized spacial score (nSPS) is 19.0. The number of nitrogens with one attached hydrogen (secondary N) is 2. The van der Waals surface area contributed by atoms with Crippen molar-refractivity contribution in [2.45, 2.75) is 31.2 Å². The Morgan fingerprint density at radius 1 is 1.15 bits per heavy atom. The first kappa shape index (κ1) is 16.5. The number of halogens is 1. The van der Waals surface area contributed by atoms with E-state index in [-0.39, 0.29) is 11.4 Å². The number of piperidine rings is 1. The minimum absolute atomic E-state index is 0.0192. The second-order valence-corrected chi connectivity index (χ2v) is 7.70. The highest BCUT2D eigenvalue weighted by Crippen LogP contribution is 2.34. The van der Waals surface area contributed by atoms with Gasteiger partial charge in [-0.3, -0.25) is 9.89 Å². The number of H-pyrrole nitrogens is 1. The number of nitrogens with zero attached hydrogens (tertiary/aromatic N) is 4. The summed E-state index contributed by atoms with van der Waals surface area (Å²) in [6.45, 7) is 1.70. The third kappa shape index (κ3) is 2.82. The summed E-state index contributed by atoms with van der Waals surface area (Å²) in [5, 5.41) is 11.2. The average molecular weight is 383 g/mol. The van der Waals surface area contributed by atoms with Gasteiger partial charge in [0.05, 0.1) is 16.9 Å². The van der Waals surface area contributed by atoms with Crippen LogP contribution < -0.4 is 10.2 Å². The molecular weight excluding hydrogens is 364 g/mol. The van der Waals surface area contributed by atoms with Crippen molar-refractivity contribution in [3.63, 3.8) is 0 Å². The smallest absolute Gasteiger partial charge is 0.220 e. The Labute approximate surface area is 161 Å². The number of rotatable bonds is 2. The fraction of sp³-hybridized carbons (Fsp3) is 0.368. The van der Waals surface area contributed by atoms with Crippen LogP contribution in [0.25, 0.3) is 22.4 Å². The lowest BCUT2D eigenvalue weighted by Crippen LogP contribution is -2.51. The van der Waals surface area contributed by atoms with Crippen LogP contribution in [0.2, 0.25) is 5.02 Å². The van der Waals surface area contributed by atoms with Gasteiger partial charge in [-0.15, -0.1) is 0 Å². The number of hydrogen-bond donors (Lipinski definition) is 2. The molecule has 5 rings (SSSR count). The zero-order valence-corrected chi connectivity index (χ0v) is 15.5. The van der Waals surface area contributed by atoms with E-state index in [0.717, 1.165) is 49.4 Å². The van der Waals surface area contributed by atoms with E-state index in [4.69, 9.17) is 16.6 Å². The maximum Gasteiger partial charge on any atom is 0.220 e. The Morgan fingerprint density at radius 2 is 1.96 bits per heavy atom. The van der Waals surface area contributed by atoms with E-state index >= 15 is 0 Å². The minimum Gasteiger partial charge on any atom is -0.355 e. The molecule has 7 nitrogen and oxygen atoms in total. The Kier molecular flexibility index (Phi) is 3.79. The van der Waals surface area contributed by atoms with Crippen LogP contribution in [-0.2, 0) is 4.79 Å². The molecule has 8 heteroatoms. The van der Waals surface area contributed by atoms with Gasteiger partial charge < -0.3 is 10.2 Å². The number of benzene rings is 1. The summed E-state index contributed by atoms with van der Waals surface area (Å²) >= 11 is 6.30. The summed E-state index contributed by atoms with van der Waals surface area (Å²) in [5.41, 5.74) is 2.91. The first-order valence-corrected chi connectivity index (χ1v) is 9.53. The summed E-state index contributed by atoms with van der Waals surface area (Å²) in [7, 11) is 0. The lowest BCUT2D eigenvalue weighted by molar-refractivity contribution is -0.119. The van der Waals surface area contributed by atoms with Crippen molar-refractivity contribution in [3.8, 4) is 11.3 Å². The molecule has 1 spiro atoms. The molecule has 27 heavy (non-hydrogen) atoms. The molecule has 1 aromatic carbocycles. The molecule has 0 radical (unpaired) electrons. The largest absolute Gasteiger partial charge is 0.355 e. The molecule has 0 atom stereocenters. The molecule has 0 bridgehead atoms. The summed E-state index contributed by atoms with van der Waals surface area (Å²) in [6.07, 6.45) is 5.24. The van der Waals surface area contributed by atoms with Crippen LogP contribution in [0, 0.1) is 0 Å². The van der Waals surface area contributed by atoms with Crippen molar-refractivity contribution in [2.75, 3.05) is 18.0 Å². The van der Waals surface area contributed by atoms with Crippen LogP contribution in [0.1, 0.15) is 25.7 Å². The number of anilines is 1. The molecule has 2 aromatic heterocycles. The van der Waals surface area contributed by atoms with E-state index < -0.39 is 0 Å². The molecule has 138 valence electrons. The van der Waals surface area contributed by atoms with E-state index in [1.807, 2.05) is 24.3 Å². The zero-order valence-electron chi connectivity index (χ0n) is 14.7. The van der Waals surface area contributed by atoms with Gasteiger partial charge in [-0.1, -0.05) is 29.8 Å². The lowest BCUT2D eigenvalue weighted by Gasteiger charge is -2.39. The molecule has 2 aliphatic heterocycles. The SMILES string of the molecule is O=C1CCC2(CCN(c3cnc4c(-c5ccccc5Cl)[nH]nc4n3)CC2)N1.